The largest absolute Gasteiger partial charge is 0.393 e. The molecule has 1 aliphatic carbocycles. The molecule has 0 aliphatic heterocycles. The molecule has 2 aromatic rings. The highest BCUT2D eigenvalue weighted by molar-refractivity contribution is 7.13. The molecule has 1 saturated carbocycles. The Morgan fingerprint density at radius 1 is 1.22 bits per heavy atom. The predicted molar refractivity (Wildman–Crippen MR) is 128 cm³/mol. The number of amides is 1. The second-order valence-corrected chi connectivity index (χ2v) is 11.0. The van der Waals surface area contributed by atoms with E-state index in [1.165, 1.54) is 4.42 Å². The second-order valence-electron chi connectivity index (χ2n) is 9.80. The van der Waals surface area contributed by atoms with Crippen molar-refractivity contribution in [3.63, 3.8) is 0 Å². The molecule has 1 aromatic carbocycles. The predicted octanol–water partition coefficient (Wildman–Crippen LogP) is 4.49. The molecular weight excluding hydrogens is 446 g/mol. The van der Waals surface area contributed by atoms with Gasteiger partial charge in [0.05, 0.1) is 40.2 Å². The summed E-state index contributed by atoms with van der Waals surface area (Å²) in [7, 11) is 0. The van der Waals surface area contributed by atoms with Crippen molar-refractivity contribution in [2.45, 2.75) is 65.6 Å². The zero-order chi connectivity index (χ0) is 23.8. The first-order chi connectivity index (χ1) is 14.9. The van der Waals surface area contributed by atoms with Gasteiger partial charge >= 0.3 is 0 Å². The van der Waals surface area contributed by atoms with Crippen molar-refractivity contribution in [2.75, 3.05) is 0 Å². The molecule has 0 bridgehead atoms. The number of aryl methyl sites for hydroxylation is 1. The van der Waals surface area contributed by atoms with Gasteiger partial charge in [0, 0.05) is 17.7 Å². The first kappa shape index (κ1) is 24.8. The molecule has 1 unspecified atom stereocenters. The third kappa shape index (κ3) is 5.06. The van der Waals surface area contributed by atoms with E-state index in [0.717, 1.165) is 21.7 Å². The van der Waals surface area contributed by atoms with Gasteiger partial charge in [0.15, 0.2) is 5.78 Å². The molecule has 1 aliphatic rings. The fourth-order valence-electron chi connectivity index (χ4n) is 4.23. The second kappa shape index (κ2) is 9.59. The van der Waals surface area contributed by atoms with Gasteiger partial charge in [-0.3, -0.25) is 9.59 Å². The third-order valence-electron chi connectivity index (χ3n) is 6.41. The molecule has 3 N–H and O–H groups in total. The normalized spacial score (nSPS) is 23.1. The van der Waals surface area contributed by atoms with E-state index in [4.69, 9.17) is 17.5 Å². The number of halogens is 1. The van der Waals surface area contributed by atoms with Crippen LogP contribution in [0.2, 0.25) is 0 Å². The molecule has 0 radical (unpaired) electrons. The SMILES string of the molecule is Cc1ncsc1-c1ccc([C@H](C)N(Cl)C(=O)[C@@H]2C[C@@H](O)CC2C(=O)[C@@H](N)C(C)(C)C)cc1. The Bertz CT molecular complexity index is 970. The minimum atomic E-state index is -0.715. The maximum atomic E-state index is 13.3. The molecule has 32 heavy (non-hydrogen) atoms. The Hall–Kier alpha value is -1.80. The summed E-state index contributed by atoms with van der Waals surface area (Å²) < 4.78 is 1.17. The van der Waals surface area contributed by atoms with Crippen LogP contribution in [-0.4, -0.2) is 38.3 Å². The van der Waals surface area contributed by atoms with Crippen LogP contribution in [-0.2, 0) is 9.59 Å². The maximum Gasteiger partial charge on any atom is 0.241 e. The molecule has 0 spiro atoms. The van der Waals surface area contributed by atoms with Gasteiger partial charge in [0.2, 0.25) is 5.91 Å². The zero-order valence-corrected chi connectivity index (χ0v) is 20.8. The number of benzene rings is 1. The number of carbonyl (C=O) groups excluding carboxylic acids is 2. The molecular formula is C24H32ClN3O3S. The van der Waals surface area contributed by atoms with Gasteiger partial charge in [0.1, 0.15) is 0 Å². The molecule has 1 fully saturated rings. The van der Waals surface area contributed by atoms with E-state index < -0.39 is 35.4 Å². The summed E-state index contributed by atoms with van der Waals surface area (Å²) in [5.41, 5.74) is 10.5. The third-order valence-corrected chi connectivity index (χ3v) is 7.85. The Labute approximate surface area is 198 Å². The number of aromatic nitrogens is 1. The van der Waals surface area contributed by atoms with Crippen molar-refractivity contribution >= 4 is 34.8 Å². The summed E-state index contributed by atoms with van der Waals surface area (Å²) in [6.45, 7) is 9.50. The van der Waals surface area contributed by atoms with E-state index >= 15 is 0 Å². The summed E-state index contributed by atoms with van der Waals surface area (Å²) in [5.74, 6) is -1.84. The van der Waals surface area contributed by atoms with Crippen LogP contribution >= 0.6 is 23.1 Å². The lowest BCUT2D eigenvalue weighted by Crippen LogP contribution is -2.47. The van der Waals surface area contributed by atoms with Crippen molar-refractivity contribution in [1.29, 1.82) is 0 Å². The smallest absolute Gasteiger partial charge is 0.241 e. The van der Waals surface area contributed by atoms with Crippen molar-refractivity contribution in [1.82, 2.24) is 9.40 Å². The van der Waals surface area contributed by atoms with Crippen LogP contribution in [0.3, 0.4) is 0 Å². The van der Waals surface area contributed by atoms with Crippen LogP contribution in [0.15, 0.2) is 29.8 Å². The number of hydrogen-bond donors (Lipinski definition) is 2. The lowest BCUT2D eigenvalue weighted by atomic mass is 9.78. The Balaban J connectivity index is 1.76. The molecule has 174 valence electrons. The van der Waals surface area contributed by atoms with Crippen LogP contribution in [0.1, 0.15) is 57.8 Å². The quantitative estimate of drug-likeness (QED) is 0.597. The fourth-order valence-corrected chi connectivity index (χ4v) is 5.28. The average molecular weight is 478 g/mol. The lowest BCUT2D eigenvalue weighted by Gasteiger charge is -2.31. The number of carbonyl (C=O) groups is 2. The van der Waals surface area contributed by atoms with Crippen LogP contribution in [0.25, 0.3) is 10.4 Å². The lowest BCUT2D eigenvalue weighted by molar-refractivity contribution is -0.138. The summed E-state index contributed by atoms with van der Waals surface area (Å²) in [6.07, 6.45) is -0.264. The minimum Gasteiger partial charge on any atom is -0.393 e. The zero-order valence-electron chi connectivity index (χ0n) is 19.2. The van der Waals surface area contributed by atoms with Crippen LogP contribution < -0.4 is 5.73 Å². The summed E-state index contributed by atoms with van der Waals surface area (Å²) in [6, 6.07) is 6.78. The van der Waals surface area contributed by atoms with E-state index in [1.54, 1.807) is 11.3 Å². The van der Waals surface area contributed by atoms with Gasteiger partial charge in [-0.2, -0.15) is 0 Å². The molecule has 0 saturated heterocycles. The van der Waals surface area contributed by atoms with Gasteiger partial charge < -0.3 is 10.8 Å². The number of nitrogens with zero attached hydrogens (tertiary/aromatic N) is 2. The number of nitrogens with two attached hydrogens (primary N) is 1. The van der Waals surface area contributed by atoms with E-state index in [2.05, 4.69) is 4.98 Å². The molecule has 3 rings (SSSR count). The van der Waals surface area contributed by atoms with Crippen molar-refractivity contribution < 1.29 is 14.7 Å². The number of rotatable bonds is 6. The average Bonchev–Trinajstić information content (AvgIpc) is 3.36. The van der Waals surface area contributed by atoms with Gasteiger partial charge in [-0.25, -0.2) is 9.40 Å². The van der Waals surface area contributed by atoms with E-state index in [-0.39, 0.29) is 24.5 Å². The van der Waals surface area contributed by atoms with E-state index in [1.807, 2.05) is 64.4 Å². The first-order valence-corrected chi connectivity index (χ1v) is 12.1. The number of aliphatic hydroxyl groups excluding tert-OH is 1. The first-order valence-electron chi connectivity index (χ1n) is 10.9. The molecule has 1 amide bonds. The molecule has 1 heterocycles. The fraction of sp³-hybridized carbons (Fsp3) is 0.542. The Kier molecular flexibility index (Phi) is 7.44. The highest BCUT2D eigenvalue weighted by Crippen LogP contribution is 2.39. The van der Waals surface area contributed by atoms with E-state index in [0.29, 0.717) is 0 Å². The van der Waals surface area contributed by atoms with Gasteiger partial charge in [-0.05, 0) is 43.2 Å². The maximum absolute atomic E-state index is 13.3. The van der Waals surface area contributed by atoms with Crippen molar-refractivity contribution in [2.24, 2.45) is 23.0 Å². The number of ketones is 1. The van der Waals surface area contributed by atoms with Gasteiger partial charge in [0.25, 0.3) is 0 Å². The highest BCUT2D eigenvalue weighted by Gasteiger charge is 2.47. The minimum absolute atomic E-state index is 0.186. The number of Topliss-reactive ketones (excluding diaryl/α,β-unsaturated/α-hetero) is 1. The summed E-state index contributed by atoms with van der Waals surface area (Å²) >= 11 is 8.08. The Morgan fingerprint density at radius 2 is 1.81 bits per heavy atom. The van der Waals surface area contributed by atoms with Gasteiger partial charge in [-0.15, -0.1) is 11.3 Å². The number of hydrogen-bond acceptors (Lipinski definition) is 6. The van der Waals surface area contributed by atoms with Crippen LogP contribution in [0, 0.1) is 24.2 Å². The topological polar surface area (TPSA) is 96.5 Å². The molecule has 8 heteroatoms. The molecule has 6 nitrogen and oxygen atoms in total. The summed E-state index contributed by atoms with van der Waals surface area (Å²) in [4.78, 5) is 31.7. The monoisotopic (exact) mass is 477 g/mol. The summed E-state index contributed by atoms with van der Waals surface area (Å²) in [5, 5.41) is 10.2. The highest BCUT2D eigenvalue weighted by atomic mass is 35.5. The Morgan fingerprint density at radius 3 is 2.34 bits per heavy atom. The van der Waals surface area contributed by atoms with E-state index in [9.17, 15) is 14.7 Å². The van der Waals surface area contributed by atoms with Gasteiger partial charge in [-0.1, -0.05) is 45.0 Å². The number of thiazole rings is 1. The molecule has 5 atom stereocenters. The standard InChI is InChI=1S/C24H32ClN3O3S/c1-13-21(32-12-27-13)16-8-6-15(7-9-16)14(2)28(25)23(31)19-11-17(29)10-18(19)20(30)22(26)24(3,4)5/h6-9,12,14,17-19,22,29H,10-11,26H2,1-5H3/t14-,17-,18?,19+,22+/m0/s1. The van der Waals surface area contributed by atoms with Crippen molar-refractivity contribution in [3.05, 3.63) is 41.0 Å². The van der Waals surface area contributed by atoms with Crippen LogP contribution in [0.5, 0.6) is 0 Å². The van der Waals surface area contributed by atoms with Crippen molar-refractivity contribution in [3.8, 4) is 10.4 Å². The molecule has 1 aromatic heterocycles. The number of aliphatic hydroxyl groups is 1. The van der Waals surface area contributed by atoms with Crippen LogP contribution in [0.4, 0.5) is 0 Å².